The summed E-state index contributed by atoms with van der Waals surface area (Å²) in [6, 6.07) is 9.46. The molecule has 1 aromatic heterocycles. The van der Waals surface area contributed by atoms with Gasteiger partial charge >= 0.3 is 0 Å². The minimum atomic E-state index is -0.0647. The summed E-state index contributed by atoms with van der Waals surface area (Å²) in [5, 5.41) is 8.30. The van der Waals surface area contributed by atoms with Crippen LogP contribution in [0.1, 0.15) is 27.8 Å². The number of carbonyl (C=O) groups excluding carboxylic acids is 1. The fraction of sp³-hybridized carbons (Fsp3) is 0.375. The Morgan fingerprint density at radius 1 is 1.41 bits per heavy atom. The Bertz CT molecular complexity index is 697. The lowest BCUT2D eigenvalue weighted by atomic mass is 10.0. The van der Waals surface area contributed by atoms with Gasteiger partial charge in [0.05, 0.1) is 11.7 Å². The number of aromatic nitrogens is 2. The molecule has 0 bridgehead atoms. The van der Waals surface area contributed by atoms with E-state index in [4.69, 9.17) is 11.6 Å². The van der Waals surface area contributed by atoms with Gasteiger partial charge in [-0.3, -0.25) is 9.48 Å². The molecule has 1 aliphatic rings. The van der Waals surface area contributed by atoms with Crippen molar-refractivity contribution in [1.82, 2.24) is 20.0 Å². The Labute approximate surface area is 134 Å². The van der Waals surface area contributed by atoms with E-state index in [0.717, 1.165) is 17.8 Å². The van der Waals surface area contributed by atoms with Gasteiger partial charge in [-0.05, 0) is 24.6 Å². The van der Waals surface area contributed by atoms with Gasteiger partial charge in [-0.25, -0.2) is 0 Å². The molecule has 22 heavy (non-hydrogen) atoms. The molecule has 0 spiro atoms. The van der Waals surface area contributed by atoms with E-state index in [1.807, 2.05) is 42.2 Å². The standard InChI is InChI=1S/C16H19ClN4O/c1-11-9-14(20(2)19-11)16(22)21-8-7-18-10-15(21)12-5-3-4-6-13(12)17/h3-6,9,15,18H,7-8,10H2,1-2H3. The average Bonchev–Trinajstić information content (AvgIpc) is 2.86. The summed E-state index contributed by atoms with van der Waals surface area (Å²) < 4.78 is 1.64. The molecule has 5 nitrogen and oxygen atoms in total. The Morgan fingerprint density at radius 2 is 2.18 bits per heavy atom. The van der Waals surface area contributed by atoms with Crippen LogP contribution in [0.15, 0.2) is 30.3 Å². The number of hydrogen-bond donors (Lipinski definition) is 1. The van der Waals surface area contributed by atoms with Crippen molar-refractivity contribution in [3.8, 4) is 0 Å². The molecule has 1 aliphatic heterocycles. The quantitative estimate of drug-likeness (QED) is 0.923. The maximum Gasteiger partial charge on any atom is 0.272 e. The van der Waals surface area contributed by atoms with Gasteiger partial charge in [0, 0.05) is 31.7 Å². The van der Waals surface area contributed by atoms with Gasteiger partial charge in [0.2, 0.25) is 0 Å². The first-order chi connectivity index (χ1) is 10.6. The van der Waals surface area contributed by atoms with E-state index < -0.39 is 0 Å². The maximum atomic E-state index is 12.9. The third-order valence-corrected chi connectivity index (χ3v) is 4.33. The second-order valence-corrected chi connectivity index (χ2v) is 5.94. The summed E-state index contributed by atoms with van der Waals surface area (Å²) in [6.45, 7) is 4.02. The first-order valence-electron chi connectivity index (χ1n) is 7.34. The van der Waals surface area contributed by atoms with E-state index >= 15 is 0 Å². The molecular weight excluding hydrogens is 300 g/mol. The van der Waals surface area contributed by atoms with Crippen LogP contribution in [0.2, 0.25) is 5.02 Å². The fourth-order valence-corrected chi connectivity index (χ4v) is 3.19. The van der Waals surface area contributed by atoms with Gasteiger partial charge in [-0.1, -0.05) is 29.8 Å². The second-order valence-electron chi connectivity index (χ2n) is 5.53. The highest BCUT2D eigenvalue weighted by atomic mass is 35.5. The lowest BCUT2D eigenvalue weighted by Gasteiger charge is -2.36. The molecule has 2 aromatic rings. The van der Waals surface area contributed by atoms with Gasteiger partial charge in [0.25, 0.3) is 5.91 Å². The predicted molar refractivity (Wildman–Crippen MR) is 86.0 cm³/mol. The molecule has 1 atom stereocenters. The van der Waals surface area contributed by atoms with Crippen LogP contribution in [0.5, 0.6) is 0 Å². The Balaban J connectivity index is 1.95. The van der Waals surface area contributed by atoms with Crippen molar-refractivity contribution in [1.29, 1.82) is 0 Å². The summed E-state index contributed by atoms with van der Waals surface area (Å²) in [6.07, 6.45) is 0. The SMILES string of the molecule is Cc1cc(C(=O)N2CCNCC2c2ccccc2Cl)n(C)n1. The summed E-state index contributed by atoms with van der Waals surface area (Å²) in [5.41, 5.74) is 2.43. The largest absolute Gasteiger partial charge is 0.328 e. The zero-order valence-electron chi connectivity index (χ0n) is 12.7. The van der Waals surface area contributed by atoms with Crippen LogP contribution in [0.25, 0.3) is 0 Å². The van der Waals surface area contributed by atoms with Gasteiger partial charge in [-0.2, -0.15) is 5.10 Å². The number of halogens is 1. The monoisotopic (exact) mass is 318 g/mol. The summed E-state index contributed by atoms with van der Waals surface area (Å²) in [4.78, 5) is 14.8. The lowest BCUT2D eigenvalue weighted by molar-refractivity contribution is 0.0623. The zero-order chi connectivity index (χ0) is 15.7. The summed E-state index contributed by atoms with van der Waals surface area (Å²) >= 11 is 6.33. The van der Waals surface area contributed by atoms with Crippen LogP contribution in [0, 0.1) is 6.92 Å². The highest BCUT2D eigenvalue weighted by Crippen LogP contribution is 2.29. The molecule has 1 fully saturated rings. The minimum absolute atomic E-state index is 0.00507. The first kappa shape index (κ1) is 15.1. The fourth-order valence-electron chi connectivity index (χ4n) is 2.93. The van der Waals surface area contributed by atoms with Crippen molar-refractivity contribution in [2.24, 2.45) is 7.05 Å². The molecule has 2 heterocycles. The normalized spacial score (nSPS) is 18.5. The molecule has 1 unspecified atom stereocenters. The van der Waals surface area contributed by atoms with Crippen LogP contribution in [0.4, 0.5) is 0 Å². The average molecular weight is 319 g/mol. The number of nitrogens with zero attached hydrogens (tertiary/aromatic N) is 3. The van der Waals surface area contributed by atoms with Crippen molar-refractivity contribution < 1.29 is 4.79 Å². The van der Waals surface area contributed by atoms with E-state index in [9.17, 15) is 4.79 Å². The molecular formula is C16H19ClN4O. The molecule has 1 amide bonds. The van der Waals surface area contributed by atoms with Gasteiger partial charge in [-0.15, -0.1) is 0 Å². The smallest absolute Gasteiger partial charge is 0.272 e. The number of aryl methyl sites for hydroxylation is 2. The number of amides is 1. The van der Waals surface area contributed by atoms with Crippen molar-refractivity contribution in [3.63, 3.8) is 0 Å². The van der Waals surface area contributed by atoms with E-state index in [1.165, 1.54) is 0 Å². The second kappa shape index (κ2) is 6.10. The number of nitrogens with one attached hydrogen (secondary N) is 1. The Kier molecular flexibility index (Phi) is 4.18. The van der Waals surface area contributed by atoms with E-state index in [1.54, 1.807) is 11.7 Å². The predicted octanol–water partition coefficient (Wildman–Crippen LogP) is 2.17. The van der Waals surface area contributed by atoms with Crippen LogP contribution in [-0.4, -0.2) is 40.2 Å². The first-order valence-corrected chi connectivity index (χ1v) is 7.72. The number of benzene rings is 1. The van der Waals surface area contributed by atoms with Crippen molar-refractivity contribution in [2.45, 2.75) is 13.0 Å². The molecule has 0 aliphatic carbocycles. The van der Waals surface area contributed by atoms with Crippen molar-refractivity contribution >= 4 is 17.5 Å². The highest BCUT2D eigenvalue weighted by Gasteiger charge is 2.31. The number of hydrogen-bond acceptors (Lipinski definition) is 3. The van der Waals surface area contributed by atoms with E-state index in [-0.39, 0.29) is 11.9 Å². The Hall–Kier alpha value is -1.85. The molecule has 1 saturated heterocycles. The Morgan fingerprint density at radius 3 is 2.86 bits per heavy atom. The van der Waals surface area contributed by atoms with Gasteiger partial charge in [0.1, 0.15) is 5.69 Å². The van der Waals surface area contributed by atoms with Crippen molar-refractivity contribution in [3.05, 3.63) is 52.3 Å². The van der Waals surface area contributed by atoms with Crippen LogP contribution in [0.3, 0.4) is 0 Å². The van der Waals surface area contributed by atoms with Gasteiger partial charge < -0.3 is 10.2 Å². The molecule has 0 saturated carbocycles. The maximum absolute atomic E-state index is 12.9. The number of piperazine rings is 1. The van der Waals surface area contributed by atoms with E-state index in [0.29, 0.717) is 23.8 Å². The molecule has 1 aromatic carbocycles. The summed E-state index contributed by atoms with van der Waals surface area (Å²) in [5.74, 6) is -0.00507. The van der Waals surface area contributed by atoms with Crippen molar-refractivity contribution in [2.75, 3.05) is 19.6 Å². The van der Waals surface area contributed by atoms with Gasteiger partial charge in [0.15, 0.2) is 0 Å². The zero-order valence-corrected chi connectivity index (χ0v) is 13.5. The minimum Gasteiger partial charge on any atom is -0.328 e. The highest BCUT2D eigenvalue weighted by molar-refractivity contribution is 6.31. The third-order valence-electron chi connectivity index (χ3n) is 3.99. The molecule has 1 N–H and O–H groups in total. The number of carbonyl (C=O) groups is 1. The summed E-state index contributed by atoms with van der Waals surface area (Å²) in [7, 11) is 1.80. The third kappa shape index (κ3) is 2.74. The van der Waals surface area contributed by atoms with Crippen LogP contribution in [-0.2, 0) is 7.05 Å². The van der Waals surface area contributed by atoms with E-state index in [2.05, 4.69) is 10.4 Å². The molecule has 3 rings (SSSR count). The molecule has 116 valence electrons. The lowest BCUT2D eigenvalue weighted by Crippen LogP contribution is -2.49. The topological polar surface area (TPSA) is 50.2 Å². The van der Waals surface area contributed by atoms with Crippen LogP contribution >= 0.6 is 11.6 Å². The van der Waals surface area contributed by atoms with Crippen LogP contribution < -0.4 is 5.32 Å². The molecule has 0 radical (unpaired) electrons. The number of rotatable bonds is 2. The molecule has 6 heteroatoms.